The fraction of sp³-hybridized carbons (Fsp3) is 0.360. The molecule has 1 fully saturated rings. The molecule has 0 spiro atoms. The van der Waals surface area contributed by atoms with E-state index in [-0.39, 0.29) is 5.92 Å². The Morgan fingerprint density at radius 1 is 1.03 bits per heavy atom. The number of pyridine rings is 1. The molecule has 1 aliphatic heterocycles. The molecule has 1 saturated heterocycles. The number of aromatic nitrogens is 3. The van der Waals surface area contributed by atoms with Gasteiger partial charge in [0.15, 0.2) is 0 Å². The SMILES string of the molecule is OC(c1nc2ccccc2n1Cc1ccco1)C1CCN(CCc2ccccn2)CC1. The van der Waals surface area contributed by atoms with E-state index in [0.717, 1.165) is 67.2 Å². The number of imidazole rings is 1. The van der Waals surface area contributed by atoms with E-state index in [2.05, 4.69) is 26.6 Å². The summed E-state index contributed by atoms with van der Waals surface area (Å²) in [5, 5.41) is 11.3. The van der Waals surface area contributed by atoms with Crippen LogP contribution in [0.25, 0.3) is 11.0 Å². The maximum Gasteiger partial charge on any atom is 0.139 e. The summed E-state index contributed by atoms with van der Waals surface area (Å²) in [6, 6.07) is 18.0. The lowest BCUT2D eigenvalue weighted by molar-refractivity contribution is 0.0512. The van der Waals surface area contributed by atoms with Crippen LogP contribution in [0.2, 0.25) is 0 Å². The molecule has 31 heavy (non-hydrogen) atoms. The number of aliphatic hydroxyl groups excluding tert-OH is 1. The Hall–Kier alpha value is -2.96. The molecule has 5 rings (SSSR count). The molecule has 1 aromatic carbocycles. The Bertz CT molecular complexity index is 1100. The first-order valence-corrected chi connectivity index (χ1v) is 11.1. The van der Waals surface area contributed by atoms with Gasteiger partial charge < -0.3 is 19.0 Å². The first-order valence-electron chi connectivity index (χ1n) is 11.1. The van der Waals surface area contributed by atoms with Gasteiger partial charge in [-0.15, -0.1) is 0 Å². The van der Waals surface area contributed by atoms with Crippen molar-refractivity contribution in [1.82, 2.24) is 19.4 Å². The summed E-state index contributed by atoms with van der Waals surface area (Å²) in [7, 11) is 0. The first-order chi connectivity index (χ1) is 15.3. The number of fused-ring (bicyclic) bond motifs is 1. The highest BCUT2D eigenvalue weighted by Gasteiger charge is 2.30. The van der Waals surface area contributed by atoms with Crippen molar-refractivity contribution >= 4 is 11.0 Å². The molecule has 160 valence electrons. The van der Waals surface area contributed by atoms with Gasteiger partial charge in [0, 0.05) is 24.9 Å². The van der Waals surface area contributed by atoms with Gasteiger partial charge in [0.25, 0.3) is 0 Å². The minimum atomic E-state index is -0.583. The second-order valence-corrected chi connectivity index (χ2v) is 8.32. The third-order valence-electron chi connectivity index (χ3n) is 6.33. The number of likely N-dealkylation sites (tertiary alicyclic amines) is 1. The number of aliphatic hydroxyl groups is 1. The molecule has 0 aliphatic carbocycles. The third kappa shape index (κ3) is 4.40. The van der Waals surface area contributed by atoms with E-state index in [1.165, 1.54) is 0 Å². The zero-order chi connectivity index (χ0) is 21.0. The van der Waals surface area contributed by atoms with Gasteiger partial charge in [-0.05, 0) is 68.2 Å². The number of rotatable bonds is 7. The van der Waals surface area contributed by atoms with Crippen molar-refractivity contribution < 1.29 is 9.52 Å². The first kappa shape index (κ1) is 20.0. The van der Waals surface area contributed by atoms with Gasteiger partial charge in [0.2, 0.25) is 0 Å². The van der Waals surface area contributed by atoms with Gasteiger partial charge in [-0.25, -0.2) is 4.98 Å². The molecule has 0 saturated carbocycles. The van der Waals surface area contributed by atoms with Crippen LogP contribution in [0, 0.1) is 5.92 Å². The predicted molar refractivity (Wildman–Crippen MR) is 120 cm³/mol. The van der Waals surface area contributed by atoms with Crippen molar-refractivity contribution in [3.63, 3.8) is 0 Å². The van der Waals surface area contributed by atoms with Crippen LogP contribution in [0.15, 0.2) is 71.5 Å². The van der Waals surface area contributed by atoms with Crippen LogP contribution in [-0.4, -0.2) is 44.2 Å². The molecule has 4 heterocycles. The minimum Gasteiger partial charge on any atom is -0.467 e. The van der Waals surface area contributed by atoms with Gasteiger partial charge in [-0.2, -0.15) is 0 Å². The molecule has 1 N–H and O–H groups in total. The highest BCUT2D eigenvalue weighted by Crippen LogP contribution is 2.32. The molecular weight excluding hydrogens is 388 g/mol. The molecule has 1 unspecified atom stereocenters. The van der Waals surface area contributed by atoms with Crippen molar-refractivity contribution in [2.45, 2.75) is 31.9 Å². The van der Waals surface area contributed by atoms with E-state index in [1.54, 1.807) is 6.26 Å². The van der Waals surface area contributed by atoms with Crippen molar-refractivity contribution in [2.24, 2.45) is 5.92 Å². The zero-order valence-electron chi connectivity index (χ0n) is 17.6. The van der Waals surface area contributed by atoms with E-state index >= 15 is 0 Å². The van der Waals surface area contributed by atoms with Gasteiger partial charge in [0.05, 0.1) is 23.8 Å². The molecular formula is C25H28N4O2. The lowest BCUT2D eigenvalue weighted by atomic mass is 9.90. The zero-order valence-corrected chi connectivity index (χ0v) is 17.6. The van der Waals surface area contributed by atoms with Crippen molar-refractivity contribution in [1.29, 1.82) is 0 Å². The largest absolute Gasteiger partial charge is 0.467 e. The van der Waals surface area contributed by atoms with E-state index in [1.807, 2.05) is 48.7 Å². The van der Waals surface area contributed by atoms with Gasteiger partial charge in [-0.1, -0.05) is 18.2 Å². The lowest BCUT2D eigenvalue weighted by Crippen LogP contribution is -2.37. The van der Waals surface area contributed by atoms with Gasteiger partial charge in [0.1, 0.15) is 17.7 Å². The van der Waals surface area contributed by atoms with Crippen molar-refractivity contribution in [3.8, 4) is 0 Å². The predicted octanol–water partition coefficient (Wildman–Crippen LogP) is 4.06. The molecule has 1 aliphatic rings. The molecule has 0 radical (unpaired) electrons. The normalized spacial score (nSPS) is 16.7. The Morgan fingerprint density at radius 2 is 1.87 bits per heavy atom. The molecule has 6 heteroatoms. The number of furan rings is 1. The van der Waals surface area contributed by atoms with Crippen LogP contribution in [-0.2, 0) is 13.0 Å². The van der Waals surface area contributed by atoms with Gasteiger partial charge >= 0.3 is 0 Å². The quantitative estimate of drug-likeness (QED) is 0.492. The Labute approximate surface area is 182 Å². The number of nitrogens with zero attached hydrogens (tertiary/aromatic N) is 4. The summed E-state index contributed by atoms with van der Waals surface area (Å²) in [4.78, 5) is 11.7. The minimum absolute atomic E-state index is 0.207. The summed E-state index contributed by atoms with van der Waals surface area (Å²) in [6.07, 6.45) is 5.85. The highest BCUT2D eigenvalue weighted by molar-refractivity contribution is 5.76. The van der Waals surface area contributed by atoms with Crippen LogP contribution >= 0.6 is 0 Å². The number of benzene rings is 1. The van der Waals surface area contributed by atoms with Crippen molar-refractivity contribution in [3.05, 3.63) is 84.3 Å². The van der Waals surface area contributed by atoms with Crippen LogP contribution in [0.1, 0.15) is 36.2 Å². The maximum absolute atomic E-state index is 11.3. The molecule has 0 bridgehead atoms. The van der Waals surface area contributed by atoms with Crippen molar-refractivity contribution in [2.75, 3.05) is 19.6 Å². The maximum atomic E-state index is 11.3. The summed E-state index contributed by atoms with van der Waals surface area (Å²) in [6.45, 7) is 3.57. The van der Waals surface area contributed by atoms with E-state index < -0.39 is 6.10 Å². The summed E-state index contributed by atoms with van der Waals surface area (Å²) in [5.41, 5.74) is 3.08. The summed E-state index contributed by atoms with van der Waals surface area (Å²) < 4.78 is 7.67. The van der Waals surface area contributed by atoms with Crippen LogP contribution in [0.5, 0.6) is 0 Å². The highest BCUT2D eigenvalue weighted by atomic mass is 16.3. The summed E-state index contributed by atoms with van der Waals surface area (Å²) >= 11 is 0. The van der Waals surface area contributed by atoms with Crippen LogP contribution < -0.4 is 0 Å². The smallest absolute Gasteiger partial charge is 0.139 e. The second kappa shape index (κ2) is 9.04. The van der Waals surface area contributed by atoms with E-state index in [9.17, 15) is 5.11 Å². The summed E-state index contributed by atoms with van der Waals surface area (Å²) in [5.74, 6) is 1.81. The fourth-order valence-corrected chi connectivity index (χ4v) is 4.57. The standard InChI is InChI=1S/C25H28N4O2/c30-24(19-10-14-28(15-11-19)16-12-20-6-3-4-13-26-20)25-27-22-8-1-2-9-23(22)29(25)18-21-7-5-17-31-21/h1-9,13,17,19,24,30H,10-12,14-16,18H2. The second-order valence-electron chi connectivity index (χ2n) is 8.32. The monoisotopic (exact) mass is 416 g/mol. The fourth-order valence-electron chi connectivity index (χ4n) is 4.57. The third-order valence-corrected chi connectivity index (χ3v) is 6.33. The van der Waals surface area contributed by atoms with E-state index in [4.69, 9.17) is 9.40 Å². The van der Waals surface area contributed by atoms with Gasteiger partial charge in [-0.3, -0.25) is 4.98 Å². The molecule has 3 aromatic heterocycles. The average Bonchev–Trinajstić information content (AvgIpc) is 3.47. The van der Waals surface area contributed by atoms with E-state index in [0.29, 0.717) is 6.54 Å². The van der Waals surface area contributed by atoms with Crippen LogP contribution in [0.4, 0.5) is 0 Å². The number of hydrogen-bond donors (Lipinski definition) is 1. The molecule has 4 aromatic rings. The average molecular weight is 417 g/mol. The lowest BCUT2D eigenvalue weighted by Gasteiger charge is -2.34. The Kier molecular flexibility index (Phi) is 5.82. The topological polar surface area (TPSA) is 67.3 Å². The number of para-hydroxylation sites is 2. The Morgan fingerprint density at radius 3 is 2.65 bits per heavy atom. The Balaban J connectivity index is 1.28. The number of hydrogen-bond acceptors (Lipinski definition) is 5. The van der Waals surface area contributed by atoms with Crippen LogP contribution in [0.3, 0.4) is 0 Å². The molecule has 1 atom stereocenters. The number of piperidine rings is 1. The molecule has 0 amide bonds. The molecule has 6 nitrogen and oxygen atoms in total.